The van der Waals surface area contributed by atoms with Crippen molar-refractivity contribution in [3.63, 3.8) is 0 Å². The van der Waals surface area contributed by atoms with Crippen LogP contribution in [0.5, 0.6) is 5.75 Å². The fraction of sp³-hybridized carbons (Fsp3) is 0.706. The lowest BCUT2D eigenvalue weighted by molar-refractivity contribution is 0.302. The number of nitrogens with zero attached hydrogens (tertiary/aromatic N) is 1. The summed E-state index contributed by atoms with van der Waals surface area (Å²) in [5, 5.41) is 0. The molecule has 1 radical (unpaired) electrons. The highest BCUT2D eigenvalue weighted by Gasteiger charge is 1.95. The second-order valence-corrected chi connectivity index (χ2v) is 5.14. The van der Waals surface area contributed by atoms with Crippen molar-refractivity contribution in [2.24, 2.45) is 0 Å². The molecular weight excluding hydrogens is 234 g/mol. The Balaban J connectivity index is 1.79. The van der Waals surface area contributed by atoms with Crippen LogP contribution in [0.1, 0.15) is 71.1 Å². The first-order valence-corrected chi connectivity index (χ1v) is 7.89. The molecule has 0 aliphatic carbocycles. The third kappa shape index (κ3) is 9.52. The molecule has 0 aliphatic heterocycles. The average Bonchev–Trinajstić information content (AvgIpc) is 2.46. The lowest BCUT2D eigenvalue weighted by Crippen LogP contribution is -1.97. The summed E-state index contributed by atoms with van der Waals surface area (Å²) in [6, 6.07) is 3.79. The highest BCUT2D eigenvalue weighted by molar-refractivity contribution is 5.13. The van der Waals surface area contributed by atoms with Gasteiger partial charge in [-0.1, -0.05) is 64.7 Å². The Morgan fingerprint density at radius 2 is 1.58 bits per heavy atom. The van der Waals surface area contributed by atoms with E-state index >= 15 is 0 Å². The maximum atomic E-state index is 5.56. The number of rotatable bonds is 12. The molecule has 1 heterocycles. The first-order chi connectivity index (χ1) is 9.43. The first-order valence-electron chi connectivity index (χ1n) is 7.89. The van der Waals surface area contributed by atoms with E-state index in [1.54, 1.807) is 6.20 Å². The molecule has 0 saturated heterocycles. The molecule has 2 nitrogen and oxygen atoms in total. The lowest BCUT2D eigenvalue weighted by Gasteiger charge is -2.05. The molecule has 0 fully saturated rings. The molecule has 0 saturated carbocycles. The monoisotopic (exact) mass is 262 g/mol. The van der Waals surface area contributed by atoms with E-state index in [-0.39, 0.29) is 0 Å². The van der Waals surface area contributed by atoms with Gasteiger partial charge in [-0.05, 0) is 18.6 Å². The van der Waals surface area contributed by atoms with Crippen molar-refractivity contribution in [2.75, 3.05) is 6.61 Å². The zero-order valence-electron chi connectivity index (χ0n) is 12.4. The van der Waals surface area contributed by atoms with Crippen LogP contribution in [-0.2, 0) is 0 Å². The van der Waals surface area contributed by atoms with E-state index in [0.29, 0.717) is 0 Å². The average molecular weight is 262 g/mol. The van der Waals surface area contributed by atoms with Crippen molar-refractivity contribution in [3.05, 3.63) is 24.5 Å². The van der Waals surface area contributed by atoms with Gasteiger partial charge in [-0.3, -0.25) is 4.98 Å². The van der Waals surface area contributed by atoms with Crippen LogP contribution in [0.25, 0.3) is 0 Å². The number of unbranched alkanes of at least 4 members (excludes halogenated alkanes) is 9. The predicted molar refractivity (Wildman–Crippen MR) is 80.4 cm³/mol. The van der Waals surface area contributed by atoms with Crippen molar-refractivity contribution in [2.45, 2.75) is 71.1 Å². The van der Waals surface area contributed by atoms with Crippen LogP contribution >= 0.6 is 0 Å². The van der Waals surface area contributed by atoms with Crippen LogP contribution in [0, 0.1) is 6.20 Å². The first kappa shape index (κ1) is 16.0. The standard InChI is InChI=1S/C17H28NO/c1-2-3-4-5-6-7-8-9-10-11-15-19-17-13-12-14-18-16-17/h12-14H,2-11,15H2,1H3. The van der Waals surface area contributed by atoms with E-state index in [4.69, 9.17) is 4.74 Å². The van der Waals surface area contributed by atoms with Crippen LogP contribution < -0.4 is 4.74 Å². The number of ether oxygens (including phenoxy) is 1. The molecule has 0 spiro atoms. The molecule has 0 aliphatic rings. The molecule has 107 valence electrons. The Hall–Kier alpha value is -1.05. The second kappa shape index (κ2) is 12.0. The number of hydrogen-bond donors (Lipinski definition) is 0. The molecule has 1 rings (SSSR count). The summed E-state index contributed by atoms with van der Waals surface area (Å²) in [6.07, 6.45) is 18.1. The third-order valence-electron chi connectivity index (χ3n) is 3.34. The van der Waals surface area contributed by atoms with E-state index < -0.39 is 0 Å². The summed E-state index contributed by atoms with van der Waals surface area (Å²) in [7, 11) is 0. The Kier molecular flexibility index (Phi) is 10.1. The van der Waals surface area contributed by atoms with E-state index in [1.807, 2.05) is 12.1 Å². The van der Waals surface area contributed by atoms with E-state index in [0.717, 1.165) is 18.8 Å². The number of hydrogen-bond acceptors (Lipinski definition) is 2. The molecule has 1 aromatic heterocycles. The summed E-state index contributed by atoms with van der Waals surface area (Å²) in [4.78, 5) is 3.90. The maximum absolute atomic E-state index is 5.56. The molecule has 0 atom stereocenters. The minimum atomic E-state index is 0.762. The van der Waals surface area contributed by atoms with E-state index in [9.17, 15) is 0 Å². The van der Waals surface area contributed by atoms with Gasteiger partial charge in [0.05, 0.1) is 6.61 Å². The molecule has 0 bridgehead atoms. The van der Waals surface area contributed by atoms with Gasteiger partial charge in [-0.25, -0.2) is 0 Å². The van der Waals surface area contributed by atoms with Gasteiger partial charge in [0.1, 0.15) is 11.9 Å². The van der Waals surface area contributed by atoms with Crippen LogP contribution in [0.3, 0.4) is 0 Å². The highest BCUT2D eigenvalue weighted by Crippen LogP contribution is 2.11. The van der Waals surface area contributed by atoms with Crippen LogP contribution in [0.4, 0.5) is 0 Å². The van der Waals surface area contributed by atoms with E-state index in [2.05, 4.69) is 18.1 Å². The largest absolute Gasteiger partial charge is 0.491 e. The maximum Gasteiger partial charge on any atom is 0.147 e. The molecule has 0 N–H and O–H groups in total. The summed E-state index contributed by atoms with van der Waals surface area (Å²) in [5.41, 5.74) is 0. The molecule has 1 aromatic rings. The SMILES string of the molecule is CCCCCCCCCCCCOc1[c]nccc1. The molecule has 2 heteroatoms. The Labute approximate surface area is 118 Å². The van der Waals surface area contributed by atoms with Crippen LogP contribution in [0.15, 0.2) is 18.3 Å². The van der Waals surface area contributed by atoms with Crippen molar-refractivity contribution in [1.82, 2.24) is 4.98 Å². The fourth-order valence-corrected chi connectivity index (χ4v) is 2.16. The summed E-state index contributed by atoms with van der Waals surface area (Å²) in [6.45, 7) is 3.06. The van der Waals surface area contributed by atoms with Gasteiger partial charge in [0.15, 0.2) is 0 Å². The van der Waals surface area contributed by atoms with Crippen molar-refractivity contribution < 1.29 is 4.74 Å². The third-order valence-corrected chi connectivity index (χ3v) is 3.34. The molecule has 0 amide bonds. The predicted octanol–water partition coefficient (Wildman–Crippen LogP) is 5.18. The lowest BCUT2D eigenvalue weighted by atomic mass is 10.1. The van der Waals surface area contributed by atoms with Gasteiger partial charge in [0.2, 0.25) is 0 Å². The second-order valence-electron chi connectivity index (χ2n) is 5.14. The quantitative estimate of drug-likeness (QED) is 0.484. The van der Waals surface area contributed by atoms with Crippen molar-refractivity contribution in [3.8, 4) is 5.75 Å². The molecule has 19 heavy (non-hydrogen) atoms. The zero-order chi connectivity index (χ0) is 13.6. The Morgan fingerprint density at radius 1 is 0.947 bits per heavy atom. The Morgan fingerprint density at radius 3 is 2.16 bits per heavy atom. The van der Waals surface area contributed by atoms with Gasteiger partial charge in [-0.2, -0.15) is 0 Å². The van der Waals surface area contributed by atoms with Crippen molar-refractivity contribution in [1.29, 1.82) is 0 Å². The minimum absolute atomic E-state index is 0.762. The van der Waals surface area contributed by atoms with Crippen LogP contribution in [0.2, 0.25) is 0 Å². The van der Waals surface area contributed by atoms with Gasteiger partial charge in [0, 0.05) is 6.20 Å². The smallest absolute Gasteiger partial charge is 0.147 e. The summed E-state index contributed by atoms with van der Waals surface area (Å²) in [5.74, 6) is 0.762. The van der Waals surface area contributed by atoms with Gasteiger partial charge in [0.25, 0.3) is 0 Å². The zero-order valence-corrected chi connectivity index (χ0v) is 12.4. The van der Waals surface area contributed by atoms with Crippen LogP contribution in [-0.4, -0.2) is 11.6 Å². The van der Waals surface area contributed by atoms with E-state index in [1.165, 1.54) is 57.8 Å². The number of aromatic nitrogens is 1. The number of pyridine rings is 1. The molecular formula is C17H28NO. The molecule has 0 aromatic carbocycles. The minimum Gasteiger partial charge on any atom is -0.491 e. The summed E-state index contributed by atoms with van der Waals surface area (Å²) >= 11 is 0. The van der Waals surface area contributed by atoms with Gasteiger partial charge < -0.3 is 4.74 Å². The Bertz CT molecular complexity index is 287. The van der Waals surface area contributed by atoms with Gasteiger partial charge in [-0.15, -0.1) is 0 Å². The normalized spacial score (nSPS) is 10.6. The topological polar surface area (TPSA) is 22.1 Å². The highest BCUT2D eigenvalue weighted by atomic mass is 16.5. The summed E-state index contributed by atoms with van der Waals surface area (Å²) < 4.78 is 5.56. The van der Waals surface area contributed by atoms with Crippen molar-refractivity contribution >= 4 is 0 Å². The molecule has 0 unspecified atom stereocenters. The van der Waals surface area contributed by atoms with Gasteiger partial charge >= 0.3 is 0 Å². The fourth-order valence-electron chi connectivity index (χ4n) is 2.16.